The molecule has 0 amide bonds. The molecule has 0 unspecified atom stereocenters. The highest BCUT2D eigenvalue weighted by atomic mass is 15.0. The van der Waals surface area contributed by atoms with Crippen molar-refractivity contribution >= 4 is 5.69 Å². The Morgan fingerprint density at radius 2 is 2.17 bits per heavy atom. The average Bonchev–Trinajstić information content (AvgIpc) is 2.59. The minimum atomic E-state index is 0.489. The second-order valence-corrected chi connectivity index (χ2v) is 8.03. The summed E-state index contributed by atoms with van der Waals surface area (Å²) in [7, 11) is 0. The van der Waals surface area contributed by atoms with Gasteiger partial charge in [-0.2, -0.15) is 0 Å². The maximum absolute atomic E-state index is 3.83. The monoisotopic (exact) mass is 312 g/mol. The van der Waals surface area contributed by atoms with Crippen LogP contribution in [0.1, 0.15) is 69.4 Å². The molecule has 4 rings (SSSR count). The number of anilines is 1. The maximum atomic E-state index is 3.83. The lowest BCUT2D eigenvalue weighted by atomic mass is 9.53. The molecule has 1 saturated carbocycles. The number of hydrogen-bond donors (Lipinski definition) is 2. The third kappa shape index (κ3) is 2.69. The molecule has 126 valence electrons. The molecule has 2 fully saturated rings. The fraction of sp³-hybridized carbons (Fsp3) is 0.714. The van der Waals surface area contributed by atoms with Gasteiger partial charge < -0.3 is 10.6 Å². The number of unbranched alkanes of at least 4 members (excludes halogenated alkanes) is 2. The van der Waals surface area contributed by atoms with Gasteiger partial charge in [0.05, 0.1) is 0 Å². The Kier molecular flexibility index (Phi) is 4.36. The first-order valence-corrected chi connectivity index (χ1v) is 9.94. The van der Waals surface area contributed by atoms with E-state index in [2.05, 4.69) is 35.8 Å². The highest BCUT2D eigenvalue weighted by Gasteiger charge is 2.51. The van der Waals surface area contributed by atoms with Crippen LogP contribution in [0.15, 0.2) is 18.2 Å². The van der Waals surface area contributed by atoms with Crippen LogP contribution in [0.25, 0.3) is 0 Å². The van der Waals surface area contributed by atoms with E-state index in [4.69, 9.17) is 0 Å². The van der Waals surface area contributed by atoms with Crippen LogP contribution in [-0.2, 0) is 11.8 Å². The van der Waals surface area contributed by atoms with Crippen molar-refractivity contribution in [1.29, 1.82) is 0 Å². The van der Waals surface area contributed by atoms with Crippen LogP contribution >= 0.6 is 0 Å². The number of piperidine rings is 1. The fourth-order valence-electron chi connectivity index (χ4n) is 5.64. The van der Waals surface area contributed by atoms with Gasteiger partial charge in [0, 0.05) is 23.7 Å². The Balaban J connectivity index is 1.61. The average molecular weight is 313 g/mol. The summed E-state index contributed by atoms with van der Waals surface area (Å²) < 4.78 is 0. The predicted octanol–water partition coefficient (Wildman–Crippen LogP) is 4.63. The largest absolute Gasteiger partial charge is 0.385 e. The van der Waals surface area contributed by atoms with E-state index < -0.39 is 0 Å². The lowest BCUT2D eigenvalue weighted by molar-refractivity contribution is 0.0798. The summed E-state index contributed by atoms with van der Waals surface area (Å²) in [4.78, 5) is 0. The zero-order valence-corrected chi connectivity index (χ0v) is 14.7. The van der Waals surface area contributed by atoms with Crippen molar-refractivity contribution in [3.8, 4) is 0 Å². The second-order valence-electron chi connectivity index (χ2n) is 8.03. The van der Waals surface area contributed by atoms with Gasteiger partial charge in [0.25, 0.3) is 0 Å². The molecule has 0 spiro atoms. The molecule has 1 heterocycles. The van der Waals surface area contributed by atoms with Crippen LogP contribution < -0.4 is 10.6 Å². The van der Waals surface area contributed by atoms with Crippen LogP contribution in [-0.4, -0.2) is 19.1 Å². The van der Waals surface area contributed by atoms with Gasteiger partial charge in [-0.25, -0.2) is 0 Å². The van der Waals surface area contributed by atoms with E-state index in [9.17, 15) is 0 Å². The minimum absolute atomic E-state index is 0.489. The van der Waals surface area contributed by atoms with Gasteiger partial charge in [-0.3, -0.25) is 0 Å². The van der Waals surface area contributed by atoms with Crippen molar-refractivity contribution in [1.82, 2.24) is 5.32 Å². The van der Waals surface area contributed by atoms with E-state index in [-0.39, 0.29) is 0 Å². The summed E-state index contributed by atoms with van der Waals surface area (Å²) in [6, 6.07) is 8.01. The summed E-state index contributed by atoms with van der Waals surface area (Å²) in [5, 5.41) is 7.51. The van der Waals surface area contributed by atoms with Gasteiger partial charge in [-0.1, -0.05) is 38.7 Å². The molecule has 0 radical (unpaired) electrons. The molecule has 3 atom stereocenters. The van der Waals surface area contributed by atoms with Gasteiger partial charge in [-0.05, 0) is 67.8 Å². The summed E-state index contributed by atoms with van der Waals surface area (Å²) >= 11 is 0. The maximum Gasteiger partial charge on any atom is 0.0343 e. The van der Waals surface area contributed by atoms with E-state index in [0.717, 1.165) is 18.5 Å². The Hall–Kier alpha value is -1.02. The van der Waals surface area contributed by atoms with Crippen LogP contribution in [0.2, 0.25) is 0 Å². The SMILES string of the molecule is CCCCCNc1ccc2c(c1)[C@@]13CCCC[C@H]1[C@@H](C2)NCC3. The molecule has 2 nitrogen and oxygen atoms in total. The third-order valence-electron chi connectivity index (χ3n) is 6.76. The molecule has 0 aromatic heterocycles. The van der Waals surface area contributed by atoms with Crippen molar-refractivity contribution in [2.75, 3.05) is 18.4 Å². The Labute approximate surface area is 141 Å². The van der Waals surface area contributed by atoms with E-state index >= 15 is 0 Å². The number of hydrogen-bond acceptors (Lipinski definition) is 2. The van der Waals surface area contributed by atoms with E-state index in [0.29, 0.717) is 5.41 Å². The number of nitrogens with one attached hydrogen (secondary N) is 2. The number of fused-ring (bicyclic) bond motifs is 1. The normalized spacial score (nSPS) is 32.0. The third-order valence-corrected chi connectivity index (χ3v) is 6.76. The van der Waals surface area contributed by atoms with Gasteiger partial charge in [-0.15, -0.1) is 0 Å². The van der Waals surface area contributed by atoms with E-state index in [1.807, 2.05) is 0 Å². The van der Waals surface area contributed by atoms with Crippen molar-refractivity contribution < 1.29 is 0 Å². The zero-order valence-electron chi connectivity index (χ0n) is 14.7. The first-order valence-electron chi connectivity index (χ1n) is 9.94. The molecular weight excluding hydrogens is 280 g/mol. The van der Waals surface area contributed by atoms with Crippen LogP contribution in [0.5, 0.6) is 0 Å². The second kappa shape index (κ2) is 6.47. The predicted molar refractivity (Wildman–Crippen MR) is 98.2 cm³/mol. The first-order chi connectivity index (χ1) is 11.3. The molecule has 23 heavy (non-hydrogen) atoms. The van der Waals surface area contributed by atoms with E-state index in [1.54, 1.807) is 11.1 Å². The molecular formula is C21H32N2. The highest BCUT2D eigenvalue weighted by molar-refractivity contribution is 5.53. The topological polar surface area (TPSA) is 24.1 Å². The van der Waals surface area contributed by atoms with E-state index in [1.165, 1.54) is 70.0 Å². The number of rotatable bonds is 5. The molecule has 2 N–H and O–H groups in total. The smallest absolute Gasteiger partial charge is 0.0343 e. The van der Waals surface area contributed by atoms with Gasteiger partial charge in [0.15, 0.2) is 0 Å². The Morgan fingerprint density at radius 1 is 1.22 bits per heavy atom. The standard InChI is InChI=1S/C21H32N2/c1-2-3-6-12-22-17-9-8-16-14-20-18-7-4-5-10-21(18,11-13-23-20)19(16)15-17/h8-9,15,18,20,22-23H,2-7,10-14H2,1H3/t18-,20+,21+/m0/s1. The molecule has 3 aliphatic rings. The molecule has 1 saturated heterocycles. The van der Waals surface area contributed by atoms with Crippen LogP contribution in [0.4, 0.5) is 5.69 Å². The fourth-order valence-corrected chi connectivity index (χ4v) is 5.64. The van der Waals surface area contributed by atoms with Crippen LogP contribution in [0.3, 0.4) is 0 Å². The zero-order chi connectivity index (χ0) is 15.7. The lowest BCUT2D eigenvalue weighted by Crippen LogP contribution is -2.59. The Bertz CT molecular complexity index is 549. The van der Waals surface area contributed by atoms with Crippen molar-refractivity contribution in [2.24, 2.45) is 5.92 Å². The highest BCUT2D eigenvalue weighted by Crippen LogP contribution is 2.54. The van der Waals surface area contributed by atoms with Crippen molar-refractivity contribution in [3.63, 3.8) is 0 Å². The summed E-state index contributed by atoms with van der Waals surface area (Å²) in [6.07, 6.45) is 12.2. The summed E-state index contributed by atoms with van der Waals surface area (Å²) in [5.74, 6) is 0.882. The van der Waals surface area contributed by atoms with Crippen molar-refractivity contribution in [3.05, 3.63) is 29.3 Å². The number of benzene rings is 1. The Morgan fingerprint density at radius 3 is 3.09 bits per heavy atom. The first kappa shape index (κ1) is 15.5. The summed E-state index contributed by atoms with van der Waals surface area (Å²) in [6.45, 7) is 4.61. The van der Waals surface area contributed by atoms with Gasteiger partial charge >= 0.3 is 0 Å². The van der Waals surface area contributed by atoms with Crippen LogP contribution in [0, 0.1) is 5.92 Å². The quantitative estimate of drug-likeness (QED) is 0.774. The minimum Gasteiger partial charge on any atom is -0.385 e. The molecule has 1 aromatic carbocycles. The molecule has 1 aliphatic heterocycles. The van der Waals surface area contributed by atoms with Gasteiger partial charge in [0.1, 0.15) is 0 Å². The lowest BCUT2D eigenvalue weighted by Gasteiger charge is -2.56. The summed E-state index contributed by atoms with van der Waals surface area (Å²) in [5.41, 5.74) is 5.18. The molecule has 2 heteroatoms. The van der Waals surface area contributed by atoms with Gasteiger partial charge in [0.2, 0.25) is 0 Å². The van der Waals surface area contributed by atoms with Crippen molar-refractivity contribution in [2.45, 2.75) is 76.2 Å². The molecule has 2 bridgehead atoms. The molecule has 1 aromatic rings. The molecule has 2 aliphatic carbocycles.